The number of nitrogens with two attached hydrogens (primary N) is 1. The van der Waals surface area contributed by atoms with Crippen LogP contribution in [0.25, 0.3) is 0 Å². The van der Waals surface area contributed by atoms with Gasteiger partial charge in [-0.1, -0.05) is 36.4 Å². The number of hydrogen-bond donors (Lipinski definition) is 1. The minimum atomic E-state index is -3.91. The minimum Gasteiger partial charge on any atom is -0.497 e. The summed E-state index contributed by atoms with van der Waals surface area (Å²) in [7, 11) is 1.54. The van der Waals surface area contributed by atoms with E-state index < -0.39 is 15.8 Å². The van der Waals surface area contributed by atoms with Gasteiger partial charge < -0.3 is 20.1 Å². The molecule has 7 heteroatoms. The van der Waals surface area contributed by atoms with Crippen LogP contribution in [-0.4, -0.2) is 29.6 Å². The van der Waals surface area contributed by atoms with Crippen LogP contribution in [0.15, 0.2) is 88.5 Å². The number of rotatable bonds is 5. The maximum atomic E-state index is 13.6. The van der Waals surface area contributed by atoms with Crippen LogP contribution in [0.4, 0.5) is 5.69 Å². The van der Waals surface area contributed by atoms with Crippen molar-refractivity contribution in [2.24, 2.45) is 5.73 Å². The van der Waals surface area contributed by atoms with E-state index in [2.05, 4.69) is 0 Å². The normalized spacial score (nSPS) is 15.8. The van der Waals surface area contributed by atoms with Gasteiger partial charge >= 0.3 is 0 Å². The van der Waals surface area contributed by atoms with Gasteiger partial charge in [0.25, 0.3) is 0 Å². The van der Waals surface area contributed by atoms with Crippen molar-refractivity contribution in [1.82, 2.24) is 0 Å². The van der Waals surface area contributed by atoms with Gasteiger partial charge in [0.1, 0.15) is 16.4 Å². The van der Waals surface area contributed by atoms with Crippen LogP contribution in [0.1, 0.15) is 17.0 Å². The predicted octanol–water partition coefficient (Wildman–Crippen LogP) is 3.89. The summed E-state index contributed by atoms with van der Waals surface area (Å²) >= 11 is 0. The molecular weight excluding hydrogens is 412 g/mol. The average Bonchev–Trinajstić information content (AvgIpc) is 2.78. The molecule has 0 aliphatic carbocycles. The molecule has 1 atom stereocenters. The van der Waals surface area contributed by atoms with Gasteiger partial charge in [0, 0.05) is 31.4 Å². The lowest BCUT2D eigenvalue weighted by Crippen LogP contribution is -2.26. The van der Waals surface area contributed by atoms with E-state index in [1.807, 2.05) is 61.5 Å². The van der Waals surface area contributed by atoms with Gasteiger partial charge in [0.2, 0.25) is 15.7 Å². The molecule has 2 N–H and O–H groups in total. The highest BCUT2D eigenvalue weighted by atomic mass is 32.2. The predicted molar refractivity (Wildman–Crippen MR) is 121 cm³/mol. The summed E-state index contributed by atoms with van der Waals surface area (Å²) in [6, 6.07) is 21.3. The van der Waals surface area contributed by atoms with E-state index >= 15 is 0 Å². The van der Waals surface area contributed by atoms with Gasteiger partial charge in [-0.05, 0) is 35.9 Å². The maximum absolute atomic E-state index is 13.6. The van der Waals surface area contributed by atoms with E-state index in [4.69, 9.17) is 15.2 Å². The summed E-state index contributed by atoms with van der Waals surface area (Å²) in [5.41, 5.74) is 8.71. The van der Waals surface area contributed by atoms with E-state index in [0.717, 1.165) is 16.8 Å². The summed E-state index contributed by atoms with van der Waals surface area (Å²) in [4.78, 5) is 2.15. The smallest absolute Gasteiger partial charge is 0.208 e. The monoisotopic (exact) mass is 436 g/mol. The van der Waals surface area contributed by atoms with Crippen LogP contribution in [-0.2, 0) is 9.84 Å². The van der Waals surface area contributed by atoms with Crippen LogP contribution in [0.5, 0.6) is 11.5 Å². The number of allylic oxidation sites excluding steroid dienone is 1. The zero-order chi connectivity index (χ0) is 22.2. The molecule has 0 bridgehead atoms. The number of hydrogen-bond acceptors (Lipinski definition) is 6. The SMILES string of the molecule is COc1ccc(C2C(S(=O)(=O)c3ccccc3)=C(N)Oc3cc(N(C)C)ccc32)cc1. The number of anilines is 1. The Morgan fingerprint density at radius 2 is 1.65 bits per heavy atom. The van der Waals surface area contributed by atoms with Crippen molar-refractivity contribution in [3.05, 3.63) is 94.7 Å². The third-order valence-corrected chi connectivity index (χ3v) is 7.25. The Kier molecular flexibility index (Phi) is 5.37. The Labute approximate surface area is 182 Å². The highest BCUT2D eigenvalue weighted by molar-refractivity contribution is 7.95. The quantitative estimate of drug-likeness (QED) is 0.654. The fourth-order valence-corrected chi connectivity index (χ4v) is 5.37. The molecule has 31 heavy (non-hydrogen) atoms. The molecule has 0 radical (unpaired) electrons. The van der Waals surface area contributed by atoms with Crippen LogP contribution < -0.4 is 20.1 Å². The largest absolute Gasteiger partial charge is 0.497 e. The first kappa shape index (κ1) is 20.8. The Hall–Kier alpha value is -3.45. The second kappa shape index (κ2) is 8.00. The molecule has 0 saturated heterocycles. The second-order valence-electron chi connectivity index (χ2n) is 7.47. The topological polar surface area (TPSA) is 81.9 Å². The second-order valence-corrected chi connectivity index (χ2v) is 9.39. The summed E-state index contributed by atoms with van der Waals surface area (Å²) < 4.78 is 38.4. The van der Waals surface area contributed by atoms with Gasteiger partial charge in [-0.2, -0.15) is 0 Å². The van der Waals surface area contributed by atoms with Crippen LogP contribution in [0.2, 0.25) is 0 Å². The van der Waals surface area contributed by atoms with E-state index in [1.54, 1.807) is 37.4 Å². The van der Waals surface area contributed by atoms with E-state index in [-0.39, 0.29) is 15.7 Å². The van der Waals surface area contributed by atoms with Gasteiger partial charge in [-0.15, -0.1) is 0 Å². The van der Waals surface area contributed by atoms with Gasteiger partial charge in [0.05, 0.1) is 17.9 Å². The molecule has 0 amide bonds. The fraction of sp³-hybridized carbons (Fsp3) is 0.167. The lowest BCUT2D eigenvalue weighted by atomic mass is 9.88. The zero-order valence-corrected chi connectivity index (χ0v) is 18.4. The first-order valence-corrected chi connectivity index (χ1v) is 11.2. The average molecular weight is 437 g/mol. The standard InChI is InChI=1S/C24H24N2O4S/c1-26(2)17-11-14-20-21(15-17)30-24(25)23(31(27,28)19-7-5-4-6-8-19)22(20)16-9-12-18(29-3)13-10-16/h4-15,22H,25H2,1-3H3. The molecule has 1 heterocycles. The van der Waals surface area contributed by atoms with E-state index in [1.165, 1.54) is 0 Å². The zero-order valence-electron chi connectivity index (χ0n) is 17.6. The summed E-state index contributed by atoms with van der Waals surface area (Å²) in [6.07, 6.45) is 0. The number of methoxy groups -OCH3 is 1. The molecule has 3 aromatic carbocycles. The summed E-state index contributed by atoms with van der Waals surface area (Å²) in [6.45, 7) is 0. The van der Waals surface area contributed by atoms with Crippen molar-refractivity contribution in [2.45, 2.75) is 10.8 Å². The van der Waals surface area contributed by atoms with Crippen molar-refractivity contribution in [1.29, 1.82) is 0 Å². The summed E-state index contributed by atoms with van der Waals surface area (Å²) in [5, 5.41) is 0. The molecule has 0 fully saturated rings. The third kappa shape index (κ3) is 3.72. The minimum absolute atomic E-state index is 0.0361. The molecule has 0 saturated carbocycles. The fourth-order valence-electron chi connectivity index (χ4n) is 3.72. The third-order valence-electron chi connectivity index (χ3n) is 5.34. The molecule has 6 nitrogen and oxygen atoms in total. The number of sulfone groups is 1. The Bertz CT molecular complexity index is 1230. The van der Waals surface area contributed by atoms with Crippen molar-refractivity contribution in [3.8, 4) is 11.5 Å². The molecule has 1 aliphatic heterocycles. The lowest BCUT2D eigenvalue weighted by molar-refractivity contribution is 0.394. The summed E-state index contributed by atoms with van der Waals surface area (Å²) in [5.74, 6) is 0.490. The molecule has 160 valence electrons. The molecule has 0 aromatic heterocycles. The molecule has 0 spiro atoms. The maximum Gasteiger partial charge on any atom is 0.208 e. The van der Waals surface area contributed by atoms with Crippen molar-refractivity contribution < 1.29 is 17.9 Å². The van der Waals surface area contributed by atoms with Gasteiger partial charge in [-0.3, -0.25) is 0 Å². The highest BCUT2D eigenvalue weighted by Gasteiger charge is 2.39. The Morgan fingerprint density at radius 3 is 2.26 bits per heavy atom. The number of benzene rings is 3. The number of ether oxygens (including phenoxy) is 2. The molecular formula is C24H24N2O4S. The molecule has 3 aromatic rings. The van der Waals surface area contributed by atoms with E-state index in [0.29, 0.717) is 11.5 Å². The first-order valence-electron chi connectivity index (χ1n) is 9.76. The highest BCUT2D eigenvalue weighted by Crippen LogP contribution is 2.47. The van der Waals surface area contributed by atoms with Crippen molar-refractivity contribution in [3.63, 3.8) is 0 Å². The number of fused-ring (bicyclic) bond motifs is 1. The Balaban J connectivity index is 1.94. The lowest BCUT2D eigenvalue weighted by Gasteiger charge is -2.30. The number of nitrogens with zero attached hydrogens (tertiary/aromatic N) is 1. The van der Waals surface area contributed by atoms with Crippen LogP contribution in [0, 0.1) is 0 Å². The van der Waals surface area contributed by atoms with Crippen LogP contribution in [0.3, 0.4) is 0 Å². The van der Waals surface area contributed by atoms with Gasteiger partial charge in [-0.25, -0.2) is 8.42 Å². The van der Waals surface area contributed by atoms with Crippen LogP contribution >= 0.6 is 0 Å². The molecule has 1 aliphatic rings. The molecule has 4 rings (SSSR count). The van der Waals surface area contributed by atoms with Crippen molar-refractivity contribution in [2.75, 3.05) is 26.1 Å². The molecule has 1 unspecified atom stereocenters. The van der Waals surface area contributed by atoms with E-state index in [9.17, 15) is 8.42 Å². The van der Waals surface area contributed by atoms with Crippen molar-refractivity contribution >= 4 is 15.5 Å². The Morgan fingerprint density at radius 1 is 0.968 bits per heavy atom. The van der Waals surface area contributed by atoms with Gasteiger partial charge in [0.15, 0.2) is 0 Å². The first-order chi connectivity index (χ1) is 14.8.